The van der Waals surface area contributed by atoms with Crippen LogP contribution < -0.4 is 9.47 Å². The number of ether oxygens (including phenoxy) is 3. The average Bonchev–Trinajstić information content (AvgIpc) is 2.67. The minimum absolute atomic E-state index is 0.222. The van der Waals surface area contributed by atoms with Gasteiger partial charge in [0.25, 0.3) is 0 Å². The van der Waals surface area contributed by atoms with Gasteiger partial charge in [-0.3, -0.25) is 0 Å². The van der Waals surface area contributed by atoms with Gasteiger partial charge in [-0.15, -0.1) is 0 Å². The Morgan fingerprint density at radius 1 is 1.16 bits per heavy atom. The molecule has 0 amide bonds. The molecule has 6 nitrogen and oxygen atoms in total. The molecule has 6 heteroatoms. The van der Waals surface area contributed by atoms with Gasteiger partial charge in [0.15, 0.2) is 0 Å². The predicted octanol–water partition coefficient (Wildman–Crippen LogP) is 3.36. The number of hydrogen-bond donors (Lipinski definition) is 0. The van der Waals surface area contributed by atoms with Crippen LogP contribution in [0.5, 0.6) is 11.5 Å². The van der Waals surface area contributed by atoms with Crippen molar-refractivity contribution in [3.63, 3.8) is 0 Å². The lowest BCUT2D eigenvalue weighted by Crippen LogP contribution is -2.22. The van der Waals surface area contributed by atoms with E-state index in [1.165, 1.54) is 14.2 Å². The normalized spacial score (nSPS) is 17.4. The lowest BCUT2D eigenvalue weighted by atomic mass is 9.94. The summed E-state index contributed by atoms with van der Waals surface area (Å²) in [4.78, 5) is 16.8. The van der Waals surface area contributed by atoms with Crippen LogP contribution >= 0.6 is 0 Å². The summed E-state index contributed by atoms with van der Waals surface area (Å²) in [6.45, 7) is 0. The van der Waals surface area contributed by atoms with Crippen molar-refractivity contribution in [2.75, 3.05) is 21.3 Å². The number of esters is 1. The highest BCUT2D eigenvalue weighted by atomic mass is 16.6. The number of methoxy groups -OCH3 is 2. The molecule has 0 saturated heterocycles. The van der Waals surface area contributed by atoms with Gasteiger partial charge in [-0.25, -0.2) is 4.79 Å². The van der Waals surface area contributed by atoms with E-state index in [0.717, 1.165) is 16.9 Å². The summed E-state index contributed by atoms with van der Waals surface area (Å²) in [5.41, 5.74) is 2.85. The number of benzene rings is 2. The molecule has 2 aromatic rings. The molecule has 0 fully saturated rings. The summed E-state index contributed by atoms with van der Waals surface area (Å²) in [5.74, 6) is 0.996. The van der Waals surface area contributed by atoms with Crippen molar-refractivity contribution in [3.8, 4) is 11.5 Å². The van der Waals surface area contributed by atoms with Gasteiger partial charge in [0.1, 0.15) is 24.7 Å². The van der Waals surface area contributed by atoms with Gasteiger partial charge in [-0.1, -0.05) is 17.3 Å². The molecule has 0 saturated carbocycles. The third-order valence-electron chi connectivity index (χ3n) is 4.03. The lowest BCUT2D eigenvalue weighted by molar-refractivity contribution is 0.0600. The van der Waals surface area contributed by atoms with Crippen molar-refractivity contribution >= 4 is 11.7 Å². The van der Waals surface area contributed by atoms with Gasteiger partial charge < -0.3 is 19.0 Å². The zero-order chi connectivity index (χ0) is 17.8. The predicted molar refractivity (Wildman–Crippen MR) is 92.3 cm³/mol. The number of nitrogens with zero attached hydrogens (tertiary/aromatic N) is 1. The number of carbonyl (C=O) groups is 1. The summed E-state index contributed by atoms with van der Waals surface area (Å²) in [5, 5.41) is 4.12. The Bertz CT molecular complexity index is 815. The summed E-state index contributed by atoms with van der Waals surface area (Å²) < 4.78 is 16.2. The molecule has 0 radical (unpaired) electrons. The van der Waals surface area contributed by atoms with Crippen LogP contribution in [0.1, 0.15) is 34.0 Å². The molecular weight excluding hydrogens is 322 g/mol. The number of rotatable bonds is 4. The SMILES string of the molecule is CO/N=C1\CC(c2cccc(OC)c2)Oc2ccc(C(=O)OC)cc21. The van der Waals surface area contributed by atoms with Gasteiger partial charge in [0.2, 0.25) is 0 Å². The third-order valence-corrected chi connectivity index (χ3v) is 4.03. The van der Waals surface area contributed by atoms with E-state index < -0.39 is 5.97 Å². The molecule has 3 rings (SSSR count). The van der Waals surface area contributed by atoms with Gasteiger partial charge in [0, 0.05) is 12.0 Å². The maximum Gasteiger partial charge on any atom is 0.337 e. The Morgan fingerprint density at radius 3 is 2.72 bits per heavy atom. The molecule has 0 N–H and O–H groups in total. The molecule has 2 aromatic carbocycles. The number of fused-ring (bicyclic) bond motifs is 1. The van der Waals surface area contributed by atoms with Crippen molar-refractivity contribution in [3.05, 3.63) is 59.2 Å². The minimum Gasteiger partial charge on any atom is -0.497 e. The summed E-state index contributed by atoms with van der Waals surface area (Å²) in [7, 11) is 4.47. The van der Waals surface area contributed by atoms with Crippen LogP contribution in [-0.2, 0) is 9.57 Å². The van der Waals surface area contributed by atoms with E-state index in [0.29, 0.717) is 23.4 Å². The van der Waals surface area contributed by atoms with Crippen molar-refractivity contribution < 1.29 is 23.8 Å². The maximum atomic E-state index is 11.8. The van der Waals surface area contributed by atoms with Crippen molar-refractivity contribution in [2.24, 2.45) is 5.16 Å². The molecule has 0 bridgehead atoms. The second-order valence-electron chi connectivity index (χ2n) is 5.51. The van der Waals surface area contributed by atoms with Crippen molar-refractivity contribution in [1.29, 1.82) is 0 Å². The molecule has 25 heavy (non-hydrogen) atoms. The highest BCUT2D eigenvalue weighted by Crippen LogP contribution is 2.36. The van der Waals surface area contributed by atoms with E-state index >= 15 is 0 Å². The fraction of sp³-hybridized carbons (Fsp3) is 0.263. The Labute approximate surface area is 146 Å². The van der Waals surface area contributed by atoms with Crippen molar-refractivity contribution in [1.82, 2.24) is 0 Å². The van der Waals surface area contributed by atoms with Gasteiger partial charge in [0.05, 0.1) is 25.5 Å². The highest BCUT2D eigenvalue weighted by molar-refractivity contribution is 6.05. The standard InChI is InChI=1S/C19H19NO5/c1-22-14-6-4-5-12(9-14)18-11-16(20-24-3)15-10-13(19(21)23-2)7-8-17(15)25-18/h4-10,18H,11H2,1-3H3/b20-16+. The zero-order valence-electron chi connectivity index (χ0n) is 14.3. The van der Waals surface area contributed by atoms with E-state index in [1.54, 1.807) is 25.3 Å². The molecule has 0 aliphatic carbocycles. The van der Waals surface area contributed by atoms with Gasteiger partial charge in [-0.2, -0.15) is 0 Å². The van der Waals surface area contributed by atoms with Crippen molar-refractivity contribution in [2.45, 2.75) is 12.5 Å². The fourth-order valence-electron chi connectivity index (χ4n) is 2.81. The van der Waals surface area contributed by atoms with Crippen LogP contribution in [0, 0.1) is 0 Å². The van der Waals surface area contributed by atoms with Crippen LogP contribution in [0.2, 0.25) is 0 Å². The van der Waals surface area contributed by atoms with Crippen LogP contribution in [-0.4, -0.2) is 33.0 Å². The second kappa shape index (κ2) is 7.25. The quantitative estimate of drug-likeness (QED) is 0.630. The molecule has 1 aliphatic rings. The minimum atomic E-state index is -0.408. The maximum absolute atomic E-state index is 11.8. The van der Waals surface area contributed by atoms with Gasteiger partial charge >= 0.3 is 5.97 Å². The molecule has 0 aromatic heterocycles. The van der Waals surface area contributed by atoms with E-state index in [-0.39, 0.29) is 6.10 Å². The number of carbonyl (C=O) groups excluding carboxylic acids is 1. The van der Waals surface area contributed by atoms with E-state index in [1.807, 2.05) is 24.3 Å². The first-order chi connectivity index (χ1) is 12.2. The smallest absolute Gasteiger partial charge is 0.337 e. The first-order valence-electron chi connectivity index (χ1n) is 7.79. The molecule has 1 atom stereocenters. The van der Waals surface area contributed by atoms with E-state index in [9.17, 15) is 4.79 Å². The topological polar surface area (TPSA) is 66.3 Å². The first kappa shape index (κ1) is 16.8. The zero-order valence-corrected chi connectivity index (χ0v) is 14.3. The average molecular weight is 341 g/mol. The Kier molecular flexibility index (Phi) is 4.88. The van der Waals surface area contributed by atoms with Crippen LogP contribution in [0.15, 0.2) is 47.6 Å². The Balaban J connectivity index is 1.99. The largest absolute Gasteiger partial charge is 0.497 e. The fourth-order valence-corrected chi connectivity index (χ4v) is 2.81. The molecule has 1 aliphatic heterocycles. The Hall–Kier alpha value is -3.02. The lowest BCUT2D eigenvalue weighted by Gasteiger charge is -2.27. The van der Waals surface area contributed by atoms with Crippen LogP contribution in [0.4, 0.5) is 0 Å². The Morgan fingerprint density at radius 2 is 2.00 bits per heavy atom. The highest BCUT2D eigenvalue weighted by Gasteiger charge is 2.28. The molecule has 130 valence electrons. The summed E-state index contributed by atoms with van der Waals surface area (Å²) >= 11 is 0. The molecule has 0 spiro atoms. The van der Waals surface area contributed by atoms with Gasteiger partial charge in [-0.05, 0) is 35.9 Å². The summed E-state index contributed by atoms with van der Waals surface area (Å²) in [6.07, 6.45) is 0.291. The molecule has 1 unspecified atom stereocenters. The number of hydrogen-bond acceptors (Lipinski definition) is 6. The molecule has 1 heterocycles. The second-order valence-corrected chi connectivity index (χ2v) is 5.51. The van der Waals surface area contributed by atoms with Crippen LogP contribution in [0.3, 0.4) is 0 Å². The van der Waals surface area contributed by atoms with E-state index in [2.05, 4.69) is 5.16 Å². The first-order valence-corrected chi connectivity index (χ1v) is 7.79. The number of oxime groups is 1. The summed E-state index contributed by atoms with van der Waals surface area (Å²) in [6, 6.07) is 12.8. The monoisotopic (exact) mass is 341 g/mol. The van der Waals surface area contributed by atoms with E-state index in [4.69, 9.17) is 19.0 Å². The third kappa shape index (κ3) is 3.42. The van der Waals surface area contributed by atoms with Crippen LogP contribution in [0.25, 0.3) is 0 Å². The molecular formula is C19H19NO5.